The van der Waals surface area contributed by atoms with Gasteiger partial charge in [0, 0.05) is 6.20 Å². The number of rotatable bonds is 3. The fourth-order valence-electron chi connectivity index (χ4n) is 1.52. The maximum absolute atomic E-state index is 11.0. The van der Waals surface area contributed by atoms with E-state index in [1.807, 2.05) is 19.0 Å². The van der Waals surface area contributed by atoms with Gasteiger partial charge in [-0.2, -0.15) is 0 Å². The molecule has 0 unspecified atom stereocenters. The summed E-state index contributed by atoms with van der Waals surface area (Å²) in [6.07, 6.45) is 1.76. The fraction of sp³-hybridized carbons (Fsp3) is 0.300. The van der Waals surface area contributed by atoms with E-state index in [4.69, 9.17) is 5.11 Å². The summed E-state index contributed by atoms with van der Waals surface area (Å²) in [4.78, 5) is 12.9. The van der Waals surface area contributed by atoms with E-state index in [0.29, 0.717) is 12.2 Å². The van der Waals surface area contributed by atoms with Crippen molar-refractivity contribution in [1.82, 2.24) is 19.5 Å². The summed E-state index contributed by atoms with van der Waals surface area (Å²) in [5.74, 6) is -0.266. The Morgan fingerprint density at radius 2 is 2.25 bits per heavy atom. The molecule has 0 aromatic carbocycles. The molecule has 6 heteroatoms. The van der Waals surface area contributed by atoms with Crippen molar-refractivity contribution in [3.63, 3.8) is 0 Å². The first kappa shape index (κ1) is 10.6. The van der Waals surface area contributed by atoms with Crippen molar-refractivity contribution in [2.75, 3.05) is 14.1 Å². The predicted octanol–water partition coefficient (Wildman–Crippen LogP) is 0.489. The molecule has 0 saturated heterocycles. The molecule has 0 fully saturated rings. The average molecular weight is 220 g/mol. The molecule has 0 aliphatic rings. The van der Waals surface area contributed by atoms with Gasteiger partial charge in [0.15, 0.2) is 11.5 Å². The first-order valence-corrected chi connectivity index (χ1v) is 4.80. The third kappa shape index (κ3) is 1.74. The number of carbonyl (C=O) groups is 1. The van der Waals surface area contributed by atoms with Crippen LogP contribution in [0.3, 0.4) is 0 Å². The molecular formula is C10H12N4O2. The Kier molecular flexibility index (Phi) is 2.57. The number of hydrogen-bond donors (Lipinski definition) is 1. The van der Waals surface area contributed by atoms with Crippen LogP contribution in [0.2, 0.25) is 0 Å². The summed E-state index contributed by atoms with van der Waals surface area (Å²) in [6.45, 7) is 0.615. The van der Waals surface area contributed by atoms with Gasteiger partial charge in [0.25, 0.3) is 0 Å². The van der Waals surface area contributed by atoms with Gasteiger partial charge in [-0.25, -0.2) is 4.79 Å². The number of fused-ring (bicyclic) bond motifs is 1. The second-order valence-corrected chi connectivity index (χ2v) is 3.77. The lowest BCUT2D eigenvalue weighted by Gasteiger charge is -2.07. The summed E-state index contributed by atoms with van der Waals surface area (Å²) in [5.41, 5.74) is 0.548. The Morgan fingerprint density at radius 1 is 1.50 bits per heavy atom. The van der Waals surface area contributed by atoms with Crippen LogP contribution in [-0.2, 0) is 6.54 Å². The fourth-order valence-corrected chi connectivity index (χ4v) is 1.52. The third-order valence-electron chi connectivity index (χ3n) is 2.19. The minimum absolute atomic E-state index is 0.167. The lowest BCUT2D eigenvalue weighted by molar-refractivity contribution is 0.0698. The van der Waals surface area contributed by atoms with Crippen LogP contribution in [0.1, 0.15) is 16.2 Å². The summed E-state index contributed by atoms with van der Waals surface area (Å²) < 4.78 is 1.70. The second kappa shape index (κ2) is 3.90. The molecule has 0 spiro atoms. The van der Waals surface area contributed by atoms with Crippen LogP contribution in [-0.4, -0.2) is 44.7 Å². The summed E-state index contributed by atoms with van der Waals surface area (Å²) in [7, 11) is 3.84. The maximum Gasteiger partial charge on any atom is 0.339 e. The van der Waals surface area contributed by atoms with Gasteiger partial charge in [0.1, 0.15) is 5.56 Å². The standard InChI is InChI=1S/C10H12N4O2/c1-13(2)6-8-11-12-9-7(10(15)16)4-3-5-14(8)9/h3-5H,6H2,1-2H3,(H,15,16). The molecule has 2 aromatic rings. The Hall–Kier alpha value is -1.95. The molecular weight excluding hydrogens is 208 g/mol. The van der Waals surface area contributed by atoms with Crippen molar-refractivity contribution in [1.29, 1.82) is 0 Å². The van der Waals surface area contributed by atoms with Crippen LogP contribution in [0, 0.1) is 0 Å². The molecule has 2 aromatic heterocycles. The quantitative estimate of drug-likeness (QED) is 0.815. The topological polar surface area (TPSA) is 70.7 Å². The molecule has 2 heterocycles. The van der Waals surface area contributed by atoms with E-state index in [1.54, 1.807) is 16.7 Å². The van der Waals surface area contributed by atoms with E-state index >= 15 is 0 Å². The molecule has 0 atom stereocenters. The lowest BCUT2D eigenvalue weighted by Crippen LogP contribution is -2.13. The van der Waals surface area contributed by atoms with Crippen LogP contribution in [0.4, 0.5) is 0 Å². The Balaban J connectivity index is 2.57. The molecule has 16 heavy (non-hydrogen) atoms. The number of aromatic nitrogens is 3. The van der Waals surface area contributed by atoms with Gasteiger partial charge < -0.3 is 10.0 Å². The normalized spacial score (nSPS) is 11.2. The molecule has 0 bridgehead atoms. The number of hydrogen-bond acceptors (Lipinski definition) is 4. The number of aromatic carboxylic acids is 1. The Morgan fingerprint density at radius 3 is 2.88 bits per heavy atom. The molecule has 1 N–H and O–H groups in total. The molecule has 84 valence electrons. The largest absolute Gasteiger partial charge is 0.478 e. The van der Waals surface area contributed by atoms with Crippen LogP contribution in [0.5, 0.6) is 0 Å². The highest BCUT2D eigenvalue weighted by atomic mass is 16.4. The van der Waals surface area contributed by atoms with Gasteiger partial charge in [-0.1, -0.05) is 0 Å². The van der Waals surface area contributed by atoms with E-state index in [2.05, 4.69) is 10.2 Å². The molecule has 0 amide bonds. The number of pyridine rings is 1. The van der Waals surface area contributed by atoms with Gasteiger partial charge in [-0.3, -0.25) is 4.40 Å². The molecule has 0 saturated carbocycles. The second-order valence-electron chi connectivity index (χ2n) is 3.77. The Bertz CT molecular complexity index is 533. The summed E-state index contributed by atoms with van der Waals surface area (Å²) in [5, 5.41) is 16.9. The summed E-state index contributed by atoms with van der Waals surface area (Å²) in [6, 6.07) is 3.20. The molecule has 0 radical (unpaired) electrons. The van der Waals surface area contributed by atoms with Crippen molar-refractivity contribution >= 4 is 11.6 Å². The molecule has 0 aliphatic carbocycles. The number of carboxylic acid groups (broad SMARTS) is 1. The van der Waals surface area contributed by atoms with Gasteiger partial charge in [0.05, 0.1) is 6.54 Å². The van der Waals surface area contributed by atoms with Crippen molar-refractivity contribution < 1.29 is 9.90 Å². The number of carboxylic acids is 1. The smallest absolute Gasteiger partial charge is 0.339 e. The van der Waals surface area contributed by atoms with Crippen molar-refractivity contribution in [2.24, 2.45) is 0 Å². The minimum atomic E-state index is -0.991. The zero-order valence-corrected chi connectivity index (χ0v) is 9.08. The van der Waals surface area contributed by atoms with E-state index in [1.165, 1.54) is 6.07 Å². The summed E-state index contributed by atoms with van der Waals surface area (Å²) >= 11 is 0. The highest BCUT2D eigenvalue weighted by Crippen LogP contribution is 2.10. The highest BCUT2D eigenvalue weighted by molar-refractivity contribution is 5.94. The van der Waals surface area contributed by atoms with Crippen molar-refractivity contribution in [3.8, 4) is 0 Å². The van der Waals surface area contributed by atoms with E-state index in [-0.39, 0.29) is 5.56 Å². The maximum atomic E-state index is 11.0. The first-order chi connectivity index (χ1) is 7.59. The Labute approximate surface area is 92.1 Å². The zero-order chi connectivity index (χ0) is 11.7. The van der Waals surface area contributed by atoms with Crippen molar-refractivity contribution in [3.05, 3.63) is 29.7 Å². The van der Waals surface area contributed by atoms with E-state index < -0.39 is 5.97 Å². The van der Waals surface area contributed by atoms with Gasteiger partial charge in [0.2, 0.25) is 0 Å². The van der Waals surface area contributed by atoms with Gasteiger partial charge in [-0.05, 0) is 26.2 Å². The number of nitrogens with zero attached hydrogens (tertiary/aromatic N) is 4. The molecule has 2 rings (SSSR count). The highest BCUT2D eigenvalue weighted by Gasteiger charge is 2.13. The average Bonchev–Trinajstić information content (AvgIpc) is 2.60. The SMILES string of the molecule is CN(C)Cc1nnc2c(C(=O)O)cccn12. The third-order valence-corrected chi connectivity index (χ3v) is 2.19. The zero-order valence-electron chi connectivity index (χ0n) is 9.08. The minimum Gasteiger partial charge on any atom is -0.478 e. The van der Waals surface area contributed by atoms with E-state index in [0.717, 1.165) is 5.82 Å². The van der Waals surface area contributed by atoms with Gasteiger partial charge >= 0.3 is 5.97 Å². The van der Waals surface area contributed by atoms with Crippen LogP contribution < -0.4 is 0 Å². The van der Waals surface area contributed by atoms with Gasteiger partial charge in [-0.15, -0.1) is 10.2 Å². The lowest BCUT2D eigenvalue weighted by atomic mass is 10.3. The molecule has 6 nitrogen and oxygen atoms in total. The van der Waals surface area contributed by atoms with E-state index in [9.17, 15) is 4.79 Å². The van der Waals surface area contributed by atoms with Crippen LogP contribution >= 0.6 is 0 Å². The monoisotopic (exact) mass is 220 g/mol. The molecule has 0 aliphatic heterocycles. The van der Waals surface area contributed by atoms with Crippen LogP contribution in [0.15, 0.2) is 18.3 Å². The van der Waals surface area contributed by atoms with Crippen LogP contribution in [0.25, 0.3) is 5.65 Å². The predicted molar refractivity (Wildman–Crippen MR) is 57.3 cm³/mol. The van der Waals surface area contributed by atoms with Crippen molar-refractivity contribution in [2.45, 2.75) is 6.54 Å². The first-order valence-electron chi connectivity index (χ1n) is 4.80.